The predicted molar refractivity (Wildman–Crippen MR) is 88.5 cm³/mol. The van der Waals surface area contributed by atoms with Crippen LogP contribution >= 0.6 is 23.2 Å². The van der Waals surface area contributed by atoms with E-state index in [2.05, 4.69) is 25.5 Å². The van der Waals surface area contributed by atoms with E-state index in [1.807, 2.05) is 13.0 Å². The molecule has 2 aromatic heterocycles. The molecule has 6 nitrogen and oxygen atoms in total. The molecule has 0 aliphatic carbocycles. The number of anilines is 2. The van der Waals surface area contributed by atoms with E-state index in [0.29, 0.717) is 27.2 Å². The molecule has 3 rings (SSSR count). The van der Waals surface area contributed by atoms with Gasteiger partial charge in [0.1, 0.15) is 5.82 Å². The van der Waals surface area contributed by atoms with Crippen LogP contribution in [0.2, 0.25) is 10.0 Å². The van der Waals surface area contributed by atoms with Crippen LogP contribution in [0.3, 0.4) is 0 Å². The van der Waals surface area contributed by atoms with Crippen molar-refractivity contribution in [2.45, 2.75) is 6.92 Å². The molecule has 0 fully saturated rings. The van der Waals surface area contributed by atoms with Gasteiger partial charge in [-0.05, 0) is 31.2 Å². The van der Waals surface area contributed by atoms with E-state index in [4.69, 9.17) is 23.2 Å². The van der Waals surface area contributed by atoms with Crippen LogP contribution < -0.4 is 5.32 Å². The Labute approximate surface area is 141 Å². The summed E-state index contributed by atoms with van der Waals surface area (Å²) in [6.45, 7) is 1.89. The highest BCUT2D eigenvalue weighted by atomic mass is 35.5. The maximum atomic E-state index is 12.4. The molecule has 1 aromatic carbocycles. The molecule has 2 heterocycles. The minimum Gasteiger partial charge on any atom is -0.323 e. The van der Waals surface area contributed by atoms with E-state index in [0.717, 1.165) is 5.69 Å². The summed E-state index contributed by atoms with van der Waals surface area (Å²) in [4.78, 5) is 20.7. The molecule has 0 radical (unpaired) electrons. The molecule has 3 aromatic rings. The van der Waals surface area contributed by atoms with E-state index in [-0.39, 0.29) is 11.6 Å². The highest BCUT2D eigenvalue weighted by Gasteiger charge is 2.14. The van der Waals surface area contributed by atoms with Crippen LogP contribution in [0.4, 0.5) is 11.6 Å². The number of H-pyrrole nitrogens is 1. The van der Waals surface area contributed by atoms with Gasteiger partial charge in [-0.15, -0.1) is 0 Å². The van der Waals surface area contributed by atoms with Gasteiger partial charge in [-0.2, -0.15) is 5.10 Å². The van der Waals surface area contributed by atoms with Crippen molar-refractivity contribution in [1.82, 2.24) is 20.2 Å². The molecule has 0 saturated heterocycles. The quantitative estimate of drug-likeness (QED) is 0.701. The Bertz CT molecular complexity index is 878. The van der Waals surface area contributed by atoms with Crippen LogP contribution in [0.25, 0.3) is 0 Å². The van der Waals surface area contributed by atoms with Crippen molar-refractivity contribution in [3.63, 3.8) is 0 Å². The van der Waals surface area contributed by atoms with Crippen molar-refractivity contribution in [2.24, 2.45) is 0 Å². The molecule has 116 valence electrons. The average Bonchev–Trinajstić information content (AvgIpc) is 2.94. The third-order valence-electron chi connectivity index (χ3n) is 3.00. The van der Waals surface area contributed by atoms with Gasteiger partial charge >= 0.3 is 0 Å². The van der Waals surface area contributed by atoms with Crippen molar-refractivity contribution in [3.8, 4) is 0 Å². The Morgan fingerprint density at radius 1 is 1.13 bits per heavy atom. The Balaban J connectivity index is 1.86. The lowest BCUT2D eigenvalue weighted by Gasteiger charge is -2.05. The van der Waals surface area contributed by atoms with Gasteiger partial charge in [0.05, 0.1) is 10.0 Å². The van der Waals surface area contributed by atoms with Gasteiger partial charge in [0.2, 0.25) is 11.6 Å². The van der Waals surface area contributed by atoms with Crippen LogP contribution in [0, 0.1) is 6.92 Å². The van der Waals surface area contributed by atoms with Crippen LogP contribution in [0.15, 0.2) is 36.5 Å². The zero-order chi connectivity index (χ0) is 16.4. The van der Waals surface area contributed by atoms with Gasteiger partial charge in [0, 0.05) is 23.5 Å². The summed E-state index contributed by atoms with van der Waals surface area (Å²) in [5, 5.41) is 10.6. The molecule has 0 amide bonds. The summed E-state index contributed by atoms with van der Waals surface area (Å²) >= 11 is 11.8. The fourth-order valence-corrected chi connectivity index (χ4v) is 2.22. The zero-order valence-electron chi connectivity index (χ0n) is 12.0. The third-order valence-corrected chi connectivity index (χ3v) is 3.74. The van der Waals surface area contributed by atoms with E-state index in [1.165, 1.54) is 12.3 Å². The molecule has 0 unspecified atom stereocenters. The van der Waals surface area contributed by atoms with Gasteiger partial charge < -0.3 is 5.32 Å². The SMILES string of the molecule is Cc1cc(Nc2ccnc(C(=O)c3ccc(Cl)c(Cl)c3)n2)n[nH]1. The lowest BCUT2D eigenvalue weighted by atomic mass is 10.1. The number of rotatable bonds is 4. The first-order valence-corrected chi connectivity index (χ1v) is 7.40. The maximum absolute atomic E-state index is 12.4. The number of hydrogen-bond acceptors (Lipinski definition) is 5. The summed E-state index contributed by atoms with van der Waals surface area (Å²) in [7, 11) is 0. The smallest absolute Gasteiger partial charge is 0.230 e. The molecule has 2 N–H and O–H groups in total. The summed E-state index contributed by atoms with van der Waals surface area (Å²) in [5.74, 6) is 0.787. The van der Waals surface area contributed by atoms with Crippen LogP contribution in [-0.4, -0.2) is 25.9 Å². The second-order valence-electron chi connectivity index (χ2n) is 4.78. The number of aryl methyl sites for hydroxylation is 1. The highest BCUT2D eigenvalue weighted by Crippen LogP contribution is 2.23. The molecular weight excluding hydrogens is 337 g/mol. The van der Waals surface area contributed by atoms with E-state index in [9.17, 15) is 4.79 Å². The molecule has 8 heteroatoms. The number of halogens is 2. The summed E-state index contributed by atoms with van der Waals surface area (Å²) in [6, 6.07) is 8.10. The molecule has 0 saturated carbocycles. The number of aromatic amines is 1. The average molecular weight is 348 g/mol. The number of hydrogen-bond donors (Lipinski definition) is 2. The maximum Gasteiger partial charge on any atom is 0.230 e. The molecule has 0 atom stereocenters. The van der Waals surface area contributed by atoms with Gasteiger partial charge in [-0.1, -0.05) is 23.2 Å². The summed E-state index contributed by atoms with van der Waals surface area (Å²) in [6.07, 6.45) is 1.50. The minimum absolute atomic E-state index is 0.0562. The van der Waals surface area contributed by atoms with Crippen LogP contribution in [0.5, 0.6) is 0 Å². The van der Waals surface area contributed by atoms with E-state index >= 15 is 0 Å². The number of carbonyl (C=O) groups is 1. The normalized spacial score (nSPS) is 10.6. The van der Waals surface area contributed by atoms with Crippen molar-refractivity contribution in [1.29, 1.82) is 0 Å². The van der Waals surface area contributed by atoms with Crippen LogP contribution in [0.1, 0.15) is 21.9 Å². The fourth-order valence-electron chi connectivity index (χ4n) is 1.92. The molecule has 0 spiro atoms. The molecule has 0 aliphatic rings. The standard InChI is InChI=1S/C15H11Cl2N5O/c1-8-6-13(22-21-8)19-12-4-5-18-15(20-12)14(23)9-2-3-10(16)11(17)7-9/h2-7H,1H3,(H2,18,19,20,21,22). The van der Waals surface area contributed by atoms with Gasteiger partial charge in [0.25, 0.3) is 0 Å². The first kappa shape index (κ1) is 15.5. The largest absolute Gasteiger partial charge is 0.323 e. The van der Waals surface area contributed by atoms with Gasteiger partial charge in [-0.3, -0.25) is 9.89 Å². The van der Waals surface area contributed by atoms with Crippen molar-refractivity contribution >= 4 is 40.6 Å². The van der Waals surface area contributed by atoms with Crippen molar-refractivity contribution in [3.05, 3.63) is 63.7 Å². The number of nitrogens with zero attached hydrogens (tertiary/aromatic N) is 3. The van der Waals surface area contributed by atoms with E-state index in [1.54, 1.807) is 18.2 Å². The number of ketones is 1. The number of aromatic nitrogens is 4. The fraction of sp³-hybridized carbons (Fsp3) is 0.0667. The number of nitrogens with one attached hydrogen (secondary N) is 2. The summed E-state index contributed by atoms with van der Waals surface area (Å²) in [5.41, 5.74) is 1.28. The van der Waals surface area contributed by atoms with E-state index < -0.39 is 0 Å². The highest BCUT2D eigenvalue weighted by molar-refractivity contribution is 6.42. The monoisotopic (exact) mass is 347 g/mol. The second-order valence-corrected chi connectivity index (χ2v) is 5.60. The van der Waals surface area contributed by atoms with Gasteiger partial charge in [0.15, 0.2) is 5.82 Å². The zero-order valence-corrected chi connectivity index (χ0v) is 13.5. The predicted octanol–water partition coefficient (Wildman–Crippen LogP) is 3.79. The number of carbonyl (C=O) groups excluding carboxylic acids is 1. The first-order valence-electron chi connectivity index (χ1n) is 6.65. The van der Waals surface area contributed by atoms with Gasteiger partial charge in [-0.25, -0.2) is 9.97 Å². The van der Waals surface area contributed by atoms with Crippen molar-refractivity contribution < 1.29 is 4.79 Å². The lowest BCUT2D eigenvalue weighted by Crippen LogP contribution is -2.08. The lowest BCUT2D eigenvalue weighted by molar-refractivity contribution is 0.102. The van der Waals surface area contributed by atoms with Crippen LogP contribution in [-0.2, 0) is 0 Å². The first-order chi connectivity index (χ1) is 11.0. The number of benzene rings is 1. The van der Waals surface area contributed by atoms with Crippen molar-refractivity contribution in [2.75, 3.05) is 5.32 Å². The Hall–Kier alpha value is -2.44. The molecule has 0 bridgehead atoms. The molecule has 0 aliphatic heterocycles. The second kappa shape index (κ2) is 6.36. The topological polar surface area (TPSA) is 83.6 Å². The molecular formula is C15H11Cl2N5O. The third kappa shape index (κ3) is 3.49. The molecule has 23 heavy (non-hydrogen) atoms. The minimum atomic E-state index is -0.342. The Morgan fingerprint density at radius 3 is 2.65 bits per heavy atom. The Kier molecular flexibility index (Phi) is 4.27. The Morgan fingerprint density at radius 2 is 1.96 bits per heavy atom. The summed E-state index contributed by atoms with van der Waals surface area (Å²) < 4.78 is 0.